The maximum absolute atomic E-state index is 12.5. The number of halogens is 2. The largest absolute Gasteiger partial charge is 0.313 e. The van der Waals surface area contributed by atoms with E-state index in [-0.39, 0.29) is 23.7 Å². The number of amides is 2. The van der Waals surface area contributed by atoms with E-state index in [1.807, 2.05) is 48.5 Å². The molecule has 0 atom stereocenters. The third-order valence-corrected chi connectivity index (χ3v) is 4.88. The van der Waals surface area contributed by atoms with Gasteiger partial charge >= 0.3 is 0 Å². The molecule has 0 fully saturated rings. The molecule has 0 bridgehead atoms. The summed E-state index contributed by atoms with van der Waals surface area (Å²) in [5.74, 6) is -0.470. The Bertz CT molecular complexity index is 853. The molecule has 5 nitrogen and oxygen atoms in total. The van der Waals surface area contributed by atoms with E-state index in [0.29, 0.717) is 5.71 Å². The van der Waals surface area contributed by atoms with E-state index in [2.05, 4.69) is 37.0 Å². The first kappa shape index (κ1) is 17.8. The summed E-state index contributed by atoms with van der Waals surface area (Å²) >= 11 is 6.64. The second-order valence-corrected chi connectivity index (χ2v) is 6.99. The number of anilines is 1. The van der Waals surface area contributed by atoms with E-state index in [1.165, 1.54) is 5.01 Å². The molecule has 0 spiro atoms. The molecule has 2 aromatic carbocycles. The monoisotopic (exact) mass is 463 g/mol. The van der Waals surface area contributed by atoms with Crippen molar-refractivity contribution in [2.24, 2.45) is 5.10 Å². The third-order valence-electron chi connectivity index (χ3n) is 3.90. The Balaban J connectivity index is 2.27. The minimum atomic E-state index is -0.270. The van der Waals surface area contributed by atoms with Crippen LogP contribution in [0.15, 0.2) is 58.1 Å². The molecule has 0 saturated carbocycles. The summed E-state index contributed by atoms with van der Waals surface area (Å²) in [6.07, 6.45) is 0. The quantitative estimate of drug-likeness (QED) is 0.639. The van der Waals surface area contributed by atoms with Crippen molar-refractivity contribution in [3.63, 3.8) is 0 Å². The molecule has 0 aromatic heterocycles. The molecule has 7 heteroatoms. The van der Waals surface area contributed by atoms with Gasteiger partial charge in [0.2, 0.25) is 5.91 Å². The number of benzene rings is 2. The summed E-state index contributed by atoms with van der Waals surface area (Å²) in [6, 6.07) is 15.3. The number of fused-ring (bicyclic) bond motifs is 1. The molecule has 3 rings (SSSR count). The van der Waals surface area contributed by atoms with Gasteiger partial charge in [-0.05, 0) is 18.2 Å². The summed E-state index contributed by atoms with van der Waals surface area (Å²) in [6.45, 7) is -0.104. The first-order valence-corrected chi connectivity index (χ1v) is 9.49. The van der Waals surface area contributed by atoms with Crippen molar-refractivity contribution in [3.05, 3.63) is 64.1 Å². The second-order valence-electron chi connectivity index (χ2n) is 5.51. The molecule has 0 radical (unpaired) electrons. The van der Waals surface area contributed by atoms with Crippen molar-refractivity contribution >= 4 is 55.1 Å². The van der Waals surface area contributed by atoms with Crippen LogP contribution in [0.3, 0.4) is 0 Å². The average Bonchev–Trinajstić information content (AvgIpc) is 2.63. The zero-order chi connectivity index (χ0) is 18.0. The average molecular weight is 465 g/mol. The predicted octanol–water partition coefficient (Wildman–Crippen LogP) is 3.40. The summed E-state index contributed by atoms with van der Waals surface area (Å²) in [5, 5.41) is 5.87. The van der Waals surface area contributed by atoms with Crippen LogP contribution in [0.1, 0.15) is 11.1 Å². The third kappa shape index (κ3) is 3.67. The number of carbonyl (C=O) groups is 2. The van der Waals surface area contributed by atoms with E-state index >= 15 is 0 Å². The lowest BCUT2D eigenvalue weighted by Gasteiger charge is -2.28. The zero-order valence-electron chi connectivity index (χ0n) is 13.4. The number of carbonyl (C=O) groups excluding carboxylic acids is 2. The summed E-state index contributed by atoms with van der Waals surface area (Å²) < 4.78 is 0.870. The van der Waals surface area contributed by atoms with Crippen LogP contribution < -0.4 is 4.90 Å². The van der Waals surface area contributed by atoms with Crippen LogP contribution in [0.25, 0.3) is 0 Å². The lowest BCUT2D eigenvalue weighted by Crippen LogP contribution is -2.42. The van der Waals surface area contributed by atoms with Gasteiger partial charge in [0, 0.05) is 22.6 Å². The number of rotatable bonds is 2. The number of nitrogens with zero attached hydrogens (tertiary/aromatic N) is 3. The first-order chi connectivity index (χ1) is 12.0. The Morgan fingerprint density at radius 1 is 1.20 bits per heavy atom. The lowest BCUT2D eigenvalue weighted by molar-refractivity contribution is -0.133. The number of hydrazone groups is 1. The smallest absolute Gasteiger partial charge is 0.253 e. The van der Waals surface area contributed by atoms with Gasteiger partial charge in [0.15, 0.2) is 0 Å². The maximum Gasteiger partial charge on any atom is 0.253 e. The number of alkyl halides is 1. The molecule has 25 heavy (non-hydrogen) atoms. The molecule has 1 aliphatic heterocycles. The molecule has 1 heterocycles. The molecule has 128 valence electrons. The standard InChI is InChI=1S/C18H15Br2N3O2/c1-22-15-8-7-13(20)9-14(15)18(12-5-3-2-4-6-12)21-23(11-17(22)25)16(24)10-19/h2-9H,10-11H2,1H3. The number of hydrogen-bond acceptors (Lipinski definition) is 3. The van der Waals surface area contributed by atoms with Crippen molar-refractivity contribution in [3.8, 4) is 0 Å². The van der Waals surface area contributed by atoms with Crippen molar-refractivity contribution < 1.29 is 9.59 Å². The molecule has 0 aliphatic carbocycles. The molecule has 0 saturated heterocycles. The fourth-order valence-corrected chi connectivity index (χ4v) is 3.24. The molecule has 0 unspecified atom stereocenters. The molecular formula is C18H15Br2N3O2. The van der Waals surface area contributed by atoms with Gasteiger partial charge in [-0.15, -0.1) is 0 Å². The van der Waals surface area contributed by atoms with Crippen molar-refractivity contribution in [1.29, 1.82) is 0 Å². The Kier molecular flexibility index (Phi) is 5.34. The van der Waals surface area contributed by atoms with Gasteiger partial charge in [-0.1, -0.05) is 62.2 Å². The van der Waals surface area contributed by atoms with E-state index in [1.54, 1.807) is 11.9 Å². The molecule has 1 aliphatic rings. The lowest BCUT2D eigenvalue weighted by atomic mass is 10.00. The highest BCUT2D eigenvalue weighted by Crippen LogP contribution is 2.29. The van der Waals surface area contributed by atoms with Crippen LogP contribution in [0, 0.1) is 0 Å². The van der Waals surface area contributed by atoms with E-state index in [0.717, 1.165) is 21.3 Å². The highest BCUT2D eigenvalue weighted by molar-refractivity contribution is 9.10. The molecule has 2 aromatic rings. The van der Waals surface area contributed by atoms with Crippen LogP contribution in [0.4, 0.5) is 5.69 Å². The van der Waals surface area contributed by atoms with Gasteiger partial charge in [0.25, 0.3) is 5.91 Å². The Labute approximate surface area is 162 Å². The summed E-state index contributed by atoms with van der Waals surface area (Å²) in [4.78, 5) is 26.3. The highest BCUT2D eigenvalue weighted by Gasteiger charge is 2.27. The SMILES string of the molecule is CN1C(=O)CN(C(=O)CBr)N=C(c2ccccc2)c2cc(Br)ccc21. The van der Waals surface area contributed by atoms with E-state index in [4.69, 9.17) is 0 Å². The second kappa shape index (κ2) is 7.49. The van der Waals surface area contributed by atoms with Crippen LogP contribution >= 0.6 is 31.9 Å². The van der Waals surface area contributed by atoms with E-state index < -0.39 is 0 Å². The number of likely N-dealkylation sites (N-methyl/N-ethyl adjacent to an activating group) is 1. The zero-order valence-corrected chi connectivity index (χ0v) is 16.6. The normalized spacial score (nSPS) is 14.5. The van der Waals surface area contributed by atoms with Gasteiger partial charge in [0.1, 0.15) is 12.3 Å². The number of hydrogen-bond donors (Lipinski definition) is 0. The predicted molar refractivity (Wildman–Crippen MR) is 105 cm³/mol. The van der Waals surface area contributed by atoms with Crippen LogP contribution in [-0.2, 0) is 9.59 Å². The Morgan fingerprint density at radius 3 is 2.60 bits per heavy atom. The fourth-order valence-electron chi connectivity index (χ4n) is 2.59. The van der Waals surface area contributed by atoms with E-state index in [9.17, 15) is 9.59 Å². The van der Waals surface area contributed by atoms with Gasteiger partial charge in [0.05, 0.1) is 11.0 Å². The van der Waals surface area contributed by atoms with Gasteiger partial charge < -0.3 is 4.90 Å². The Morgan fingerprint density at radius 2 is 1.92 bits per heavy atom. The summed E-state index contributed by atoms with van der Waals surface area (Å²) in [5.41, 5.74) is 3.05. The van der Waals surface area contributed by atoms with Crippen molar-refractivity contribution in [2.75, 3.05) is 23.8 Å². The minimum Gasteiger partial charge on any atom is -0.313 e. The molecular weight excluding hydrogens is 450 g/mol. The van der Waals surface area contributed by atoms with Gasteiger partial charge in [-0.25, -0.2) is 5.01 Å². The minimum absolute atomic E-state index is 0.0981. The summed E-state index contributed by atoms with van der Waals surface area (Å²) in [7, 11) is 1.71. The fraction of sp³-hybridized carbons (Fsp3) is 0.167. The maximum atomic E-state index is 12.5. The Hall–Kier alpha value is -1.99. The molecule has 2 amide bonds. The van der Waals surface area contributed by atoms with Crippen LogP contribution in [0.5, 0.6) is 0 Å². The highest BCUT2D eigenvalue weighted by atomic mass is 79.9. The molecule has 0 N–H and O–H groups in total. The van der Waals surface area contributed by atoms with Gasteiger partial charge in [-0.2, -0.15) is 5.10 Å². The van der Waals surface area contributed by atoms with Crippen molar-refractivity contribution in [2.45, 2.75) is 0 Å². The van der Waals surface area contributed by atoms with Gasteiger partial charge in [-0.3, -0.25) is 9.59 Å². The van der Waals surface area contributed by atoms with Crippen LogP contribution in [-0.4, -0.2) is 41.5 Å². The van der Waals surface area contributed by atoms with Crippen LogP contribution in [0.2, 0.25) is 0 Å². The first-order valence-electron chi connectivity index (χ1n) is 7.58. The topological polar surface area (TPSA) is 53.0 Å². The van der Waals surface area contributed by atoms with Crippen molar-refractivity contribution in [1.82, 2.24) is 5.01 Å².